The van der Waals surface area contributed by atoms with E-state index in [1.807, 2.05) is 0 Å². The van der Waals surface area contributed by atoms with Crippen LogP contribution in [0.4, 0.5) is 0 Å². The molecule has 0 radical (unpaired) electrons. The molecule has 0 saturated carbocycles. The first-order valence-corrected chi connectivity index (χ1v) is 4.16. The average Bonchev–Trinajstić information content (AvgIpc) is 2.26. The van der Waals surface area contributed by atoms with E-state index in [-0.39, 0.29) is 25.4 Å². The van der Waals surface area contributed by atoms with Crippen molar-refractivity contribution < 1.29 is 19.7 Å². The highest BCUT2D eigenvalue weighted by molar-refractivity contribution is 4.80. The fraction of sp³-hybridized carbons (Fsp3) is 1.00. The van der Waals surface area contributed by atoms with Crippen molar-refractivity contribution in [1.82, 2.24) is 0 Å². The molecule has 0 bridgehead atoms. The van der Waals surface area contributed by atoms with Crippen LogP contribution in [0.15, 0.2) is 0 Å². The number of ether oxygens (including phenoxy) is 2. The molecule has 1 aliphatic heterocycles. The lowest BCUT2D eigenvalue weighted by Gasteiger charge is -2.16. The molecule has 12 heavy (non-hydrogen) atoms. The Morgan fingerprint density at radius 1 is 1.17 bits per heavy atom. The van der Waals surface area contributed by atoms with E-state index in [4.69, 9.17) is 19.7 Å². The first-order chi connectivity index (χ1) is 5.59. The molecule has 1 rings (SSSR count). The third-order valence-corrected chi connectivity index (χ3v) is 1.88. The zero-order chi connectivity index (χ0) is 9.19. The molecule has 2 N–H and O–H groups in total. The predicted molar refractivity (Wildman–Crippen MR) is 42.6 cm³/mol. The van der Waals surface area contributed by atoms with Gasteiger partial charge >= 0.3 is 0 Å². The molecule has 0 aliphatic carbocycles. The van der Waals surface area contributed by atoms with Crippen LogP contribution in [0.2, 0.25) is 0 Å². The Balaban J connectivity index is 2.50. The van der Waals surface area contributed by atoms with Gasteiger partial charge in [-0.1, -0.05) is 0 Å². The van der Waals surface area contributed by atoms with Crippen LogP contribution in [0, 0.1) is 0 Å². The lowest BCUT2D eigenvalue weighted by Crippen LogP contribution is -2.27. The number of aliphatic hydroxyl groups is 2. The Morgan fingerprint density at radius 2 is 1.75 bits per heavy atom. The summed E-state index contributed by atoms with van der Waals surface area (Å²) >= 11 is 0. The van der Waals surface area contributed by atoms with Crippen molar-refractivity contribution in [2.24, 2.45) is 0 Å². The maximum atomic E-state index is 8.91. The number of aliphatic hydroxyl groups excluding tert-OH is 2. The Bertz CT molecular complexity index is 146. The van der Waals surface area contributed by atoms with Crippen molar-refractivity contribution in [3.05, 3.63) is 0 Å². The molecule has 0 aromatic rings. The molecule has 1 aliphatic rings. The molecule has 2 atom stereocenters. The van der Waals surface area contributed by atoms with Crippen LogP contribution in [0.25, 0.3) is 0 Å². The SMILES string of the molecule is CC1(C)O[C@@H](CCO)[C@@H](CO)O1. The van der Waals surface area contributed by atoms with E-state index in [1.54, 1.807) is 13.8 Å². The summed E-state index contributed by atoms with van der Waals surface area (Å²) < 4.78 is 10.8. The number of hydrogen-bond acceptors (Lipinski definition) is 4. The Hall–Kier alpha value is -0.160. The van der Waals surface area contributed by atoms with E-state index in [1.165, 1.54) is 0 Å². The van der Waals surface area contributed by atoms with Crippen molar-refractivity contribution >= 4 is 0 Å². The van der Waals surface area contributed by atoms with Gasteiger partial charge in [0.25, 0.3) is 0 Å². The summed E-state index contributed by atoms with van der Waals surface area (Å²) in [6.45, 7) is 3.59. The van der Waals surface area contributed by atoms with Crippen LogP contribution < -0.4 is 0 Å². The maximum absolute atomic E-state index is 8.91. The zero-order valence-electron chi connectivity index (χ0n) is 7.49. The third-order valence-electron chi connectivity index (χ3n) is 1.88. The molecular weight excluding hydrogens is 160 g/mol. The van der Waals surface area contributed by atoms with Crippen LogP contribution in [0.1, 0.15) is 20.3 Å². The van der Waals surface area contributed by atoms with Crippen LogP contribution in [-0.4, -0.2) is 41.4 Å². The number of hydrogen-bond donors (Lipinski definition) is 2. The molecular formula is C8H16O4. The van der Waals surface area contributed by atoms with Crippen LogP contribution >= 0.6 is 0 Å². The minimum Gasteiger partial charge on any atom is -0.396 e. The monoisotopic (exact) mass is 176 g/mol. The highest BCUT2D eigenvalue weighted by atomic mass is 16.8. The van der Waals surface area contributed by atoms with Crippen molar-refractivity contribution in [1.29, 1.82) is 0 Å². The molecule has 0 aromatic heterocycles. The predicted octanol–water partition coefficient (Wildman–Crippen LogP) is -0.119. The quantitative estimate of drug-likeness (QED) is 0.629. The summed E-state index contributed by atoms with van der Waals surface area (Å²) in [6.07, 6.45) is 0.0245. The minimum absolute atomic E-state index is 0.0562. The van der Waals surface area contributed by atoms with E-state index in [9.17, 15) is 0 Å². The van der Waals surface area contributed by atoms with Crippen LogP contribution in [-0.2, 0) is 9.47 Å². The Morgan fingerprint density at radius 3 is 2.25 bits per heavy atom. The van der Waals surface area contributed by atoms with Gasteiger partial charge in [-0.25, -0.2) is 0 Å². The average molecular weight is 176 g/mol. The fourth-order valence-corrected chi connectivity index (χ4v) is 1.44. The lowest BCUT2D eigenvalue weighted by molar-refractivity contribution is -0.149. The molecule has 0 unspecified atom stereocenters. The molecule has 0 aromatic carbocycles. The summed E-state index contributed by atoms with van der Waals surface area (Å²) in [5.74, 6) is -0.632. The van der Waals surface area contributed by atoms with Gasteiger partial charge in [0.2, 0.25) is 0 Å². The second-order valence-corrected chi connectivity index (χ2v) is 3.41. The minimum atomic E-state index is -0.632. The van der Waals surface area contributed by atoms with Crippen molar-refractivity contribution in [2.75, 3.05) is 13.2 Å². The maximum Gasteiger partial charge on any atom is 0.163 e. The van der Waals surface area contributed by atoms with E-state index in [0.717, 1.165) is 0 Å². The second-order valence-electron chi connectivity index (χ2n) is 3.41. The van der Waals surface area contributed by atoms with E-state index in [2.05, 4.69) is 0 Å². The number of rotatable bonds is 3. The van der Waals surface area contributed by atoms with Crippen molar-refractivity contribution in [2.45, 2.75) is 38.3 Å². The van der Waals surface area contributed by atoms with Gasteiger partial charge < -0.3 is 19.7 Å². The van der Waals surface area contributed by atoms with E-state index < -0.39 is 5.79 Å². The normalized spacial score (nSPS) is 34.0. The summed E-state index contributed by atoms with van der Waals surface area (Å²) in [5.41, 5.74) is 0. The topological polar surface area (TPSA) is 58.9 Å². The molecule has 0 amide bonds. The Labute approximate surface area is 72.1 Å². The largest absolute Gasteiger partial charge is 0.396 e. The highest BCUT2D eigenvalue weighted by Crippen LogP contribution is 2.29. The van der Waals surface area contributed by atoms with Crippen molar-refractivity contribution in [3.63, 3.8) is 0 Å². The summed E-state index contributed by atoms with van der Waals surface area (Å²) in [4.78, 5) is 0. The van der Waals surface area contributed by atoms with Gasteiger partial charge in [0.15, 0.2) is 5.79 Å². The van der Waals surface area contributed by atoms with E-state index in [0.29, 0.717) is 6.42 Å². The molecule has 1 heterocycles. The lowest BCUT2D eigenvalue weighted by atomic mass is 10.1. The second kappa shape index (κ2) is 3.70. The fourth-order valence-electron chi connectivity index (χ4n) is 1.44. The van der Waals surface area contributed by atoms with Gasteiger partial charge in [-0.2, -0.15) is 0 Å². The molecule has 4 nitrogen and oxygen atoms in total. The molecule has 4 heteroatoms. The zero-order valence-corrected chi connectivity index (χ0v) is 7.49. The smallest absolute Gasteiger partial charge is 0.163 e. The summed E-state index contributed by atoms with van der Waals surface area (Å²) in [5, 5.41) is 17.6. The summed E-state index contributed by atoms with van der Waals surface area (Å²) in [7, 11) is 0. The standard InChI is InChI=1S/C8H16O4/c1-8(2)11-6(3-4-9)7(5-10)12-8/h6-7,9-10H,3-5H2,1-2H3/t6-,7+/m0/s1. The van der Waals surface area contributed by atoms with Gasteiger partial charge in [-0.05, 0) is 20.3 Å². The molecule has 1 fully saturated rings. The molecule has 1 saturated heterocycles. The van der Waals surface area contributed by atoms with Gasteiger partial charge in [0.05, 0.1) is 12.7 Å². The first kappa shape index (κ1) is 9.92. The molecule has 72 valence electrons. The van der Waals surface area contributed by atoms with Gasteiger partial charge in [0, 0.05) is 6.61 Å². The van der Waals surface area contributed by atoms with Crippen LogP contribution in [0.5, 0.6) is 0 Å². The van der Waals surface area contributed by atoms with Crippen molar-refractivity contribution in [3.8, 4) is 0 Å². The summed E-state index contributed by atoms with van der Waals surface area (Å²) in [6, 6.07) is 0. The van der Waals surface area contributed by atoms with E-state index >= 15 is 0 Å². The first-order valence-electron chi connectivity index (χ1n) is 4.16. The Kier molecular flexibility index (Phi) is 3.06. The molecule has 0 spiro atoms. The van der Waals surface area contributed by atoms with Gasteiger partial charge in [-0.15, -0.1) is 0 Å². The third kappa shape index (κ3) is 2.17. The van der Waals surface area contributed by atoms with Gasteiger partial charge in [0.1, 0.15) is 6.10 Å². The van der Waals surface area contributed by atoms with Crippen LogP contribution in [0.3, 0.4) is 0 Å². The van der Waals surface area contributed by atoms with Gasteiger partial charge in [-0.3, -0.25) is 0 Å². The highest BCUT2D eigenvalue weighted by Gasteiger charge is 2.40.